The quantitative estimate of drug-likeness (QED) is 0.703. The van der Waals surface area contributed by atoms with Crippen LogP contribution in [0.25, 0.3) is 21.7 Å². The molecule has 0 atom stereocenters. The maximum absolute atomic E-state index is 13.7. The van der Waals surface area contributed by atoms with E-state index in [1.807, 2.05) is 35.7 Å². The van der Waals surface area contributed by atoms with Crippen molar-refractivity contribution in [3.63, 3.8) is 0 Å². The molecule has 0 aliphatic carbocycles. The van der Waals surface area contributed by atoms with Crippen LogP contribution in [-0.4, -0.2) is 4.98 Å². The van der Waals surface area contributed by atoms with E-state index in [0.717, 1.165) is 21.8 Å². The highest BCUT2D eigenvalue weighted by atomic mass is 32.1. The van der Waals surface area contributed by atoms with E-state index in [4.69, 9.17) is 5.26 Å². The van der Waals surface area contributed by atoms with Gasteiger partial charge in [0.2, 0.25) is 0 Å². The highest BCUT2D eigenvalue weighted by molar-refractivity contribution is 7.13. The third-order valence-electron chi connectivity index (χ3n) is 3.13. The molecular formula is C17H11FN2S. The maximum atomic E-state index is 13.7. The van der Waals surface area contributed by atoms with Gasteiger partial charge < -0.3 is 0 Å². The van der Waals surface area contributed by atoms with Crippen molar-refractivity contribution in [2.24, 2.45) is 0 Å². The SMILES string of the molecule is N#CCc1csc(-c2ccc(-c3ccccc3F)cc2)n1. The summed E-state index contributed by atoms with van der Waals surface area (Å²) in [5.41, 5.74) is 3.19. The molecule has 1 heterocycles. The van der Waals surface area contributed by atoms with E-state index in [1.54, 1.807) is 12.1 Å². The molecule has 1 aromatic heterocycles. The fourth-order valence-electron chi connectivity index (χ4n) is 2.09. The summed E-state index contributed by atoms with van der Waals surface area (Å²) in [6.07, 6.45) is 0.323. The summed E-state index contributed by atoms with van der Waals surface area (Å²) in [6.45, 7) is 0. The van der Waals surface area contributed by atoms with Gasteiger partial charge in [-0.3, -0.25) is 0 Å². The average molecular weight is 294 g/mol. The number of nitrogens with zero attached hydrogens (tertiary/aromatic N) is 2. The topological polar surface area (TPSA) is 36.7 Å². The van der Waals surface area contributed by atoms with Crippen LogP contribution in [-0.2, 0) is 6.42 Å². The van der Waals surface area contributed by atoms with Gasteiger partial charge in [-0.15, -0.1) is 11.3 Å². The highest BCUT2D eigenvalue weighted by Gasteiger charge is 2.07. The summed E-state index contributed by atoms with van der Waals surface area (Å²) >= 11 is 1.51. The first-order valence-corrected chi connectivity index (χ1v) is 7.32. The lowest BCUT2D eigenvalue weighted by atomic mass is 10.0. The molecule has 0 radical (unpaired) electrons. The van der Waals surface area contributed by atoms with E-state index in [2.05, 4.69) is 11.1 Å². The van der Waals surface area contributed by atoms with Gasteiger partial charge in [-0.1, -0.05) is 42.5 Å². The Kier molecular flexibility index (Phi) is 3.76. The van der Waals surface area contributed by atoms with Crippen molar-refractivity contribution < 1.29 is 4.39 Å². The molecule has 3 aromatic rings. The fourth-order valence-corrected chi connectivity index (χ4v) is 2.92. The van der Waals surface area contributed by atoms with Gasteiger partial charge >= 0.3 is 0 Å². The van der Waals surface area contributed by atoms with Gasteiger partial charge in [-0.05, 0) is 11.6 Å². The molecule has 0 saturated heterocycles. The second-order valence-electron chi connectivity index (χ2n) is 4.54. The van der Waals surface area contributed by atoms with E-state index in [-0.39, 0.29) is 5.82 Å². The molecule has 4 heteroatoms. The monoisotopic (exact) mass is 294 g/mol. The third kappa shape index (κ3) is 2.83. The predicted molar refractivity (Wildman–Crippen MR) is 82.3 cm³/mol. The van der Waals surface area contributed by atoms with Crippen molar-refractivity contribution in [1.82, 2.24) is 4.98 Å². The Morgan fingerprint density at radius 2 is 1.76 bits per heavy atom. The molecule has 3 rings (SSSR count). The Morgan fingerprint density at radius 1 is 1.05 bits per heavy atom. The van der Waals surface area contributed by atoms with E-state index >= 15 is 0 Å². The summed E-state index contributed by atoms with van der Waals surface area (Å²) in [6, 6.07) is 16.4. The molecule has 0 bridgehead atoms. The molecule has 2 nitrogen and oxygen atoms in total. The van der Waals surface area contributed by atoms with Gasteiger partial charge in [0.15, 0.2) is 0 Å². The first-order chi connectivity index (χ1) is 10.3. The number of aromatic nitrogens is 1. The highest BCUT2D eigenvalue weighted by Crippen LogP contribution is 2.28. The van der Waals surface area contributed by atoms with Crippen LogP contribution in [0.1, 0.15) is 5.69 Å². The van der Waals surface area contributed by atoms with Crippen molar-refractivity contribution in [1.29, 1.82) is 5.26 Å². The van der Waals surface area contributed by atoms with Gasteiger partial charge in [-0.25, -0.2) is 9.37 Å². The van der Waals surface area contributed by atoms with Crippen LogP contribution in [0.4, 0.5) is 4.39 Å². The second-order valence-corrected chi connectivity index (χ2v) is 5.39. The van der Waals surface area contributed by atoms with Gasteiger partial charge in [-0.2, -0.15) is 5.26 Å². The van der Waals surface area contributed by atoms with Crippen molar-refractivity contribution in [2.45, 2.75) is 6.42 Å². The molecule has 21 heavy (non-hydrogen) atoms. The lowest BCUT2D eigenvalue weighted by Gasteiger charge is -2.04. The zero-order valence-corrected chi connectivity index (χ0v) is 11.9. The molecule has 0 aliphatic rings. The Hall–Kier alpha value is -2.51. The van der Waals surface area contributed by atoms with Crippen molar-refractivity contribution in [3.8, 4) is 27.8 Å². The second kappa shape index (κ2) is 5.86. The van der Waals surface area contributed by atoms with Crippen LogP contribution in [0.2, 0.25) is 0 Å². The van der Waals surface area contributed by atoms with E-state index < -0.39 is 0 Å². The molecule has 102 valence electrons. The van der Waals surface area contributed by atoms with Crippen molar-refractivity contribution in [3.05, 3.63) is 65.4 Å². The number of nitriles is 1. The van der Waals surface area contributed by atoms with Crippen LogP contribution < -0.4 is 0 Å². The molecular weight excluding hydrogens is 283 g/mol. The molecule has 0 N–H and O–H groups in total. The van der Waals surface area contributed by atoms with E-state index in [9.17, 15) is 4.39 Å². The van der Waals surface area contributed by atoms with Crippen LogP contribution in [0.3, 0.4) is 0 Å². The standard InChI is InChI=1S/C17H11FN2S/c18-16-4-2-1-3-15(16)12-5-7-13(8-6-12)17-20-14(9-10-19)11-21-17/h1-8,11H,9H2. The van der Waals surface area contributed by atoms with Crippen LogP contribution >= 0.6 is 11.3 Å². The molecule has 0 saturated carbocycles. The number of rotatable bonds is 3. The summed E-state index contributed by atoms with van der Waals surface area (Å²) in [5, 5.41) is 11.4. The minimum absolute atomic E-state index is 0.226. The summed E-state index contributed by atoms with van der Waals surface area (Å²) in [7, 11) is 0. The maximum Gasteiger partial charge on any atom is 0.131 e. The number of hydrogen-bond acceptors (Lipinski definition) is 3. The Labute approximate surface area is 126 Å². The normalized spacial score (nSPS) is 10.3. The predicted octanol–water partition coefficient (Wildman–Crippen LogP) is 4.68. The van der Waals surface area contributed by atoms with Crippen LogP contribution in [0, 0.1) is 17.1 Å². The van der Waals surface area contributed by atoms with Gasteiger partial charge in [0.05, 0.1) is 18.2 Å². The van der Waals surface area contributed by atoms with Crippen molar-refractivity contribution >= 4 is 11.3 Å². The van der Waals surface area contributed by atoms with E-state index in [1.165, 1.54) is 17.4 Å². The molecule has 0 unspecified atom stereocenters. The Balaban J connectivity index is 1.90. The minimum Gasteiger partial charge on any atom is -0.240 e. The summed E-state index contributed by atoms with van der Waals surface area (Å²) < 4.78 is 13.7. The molecule has 0 amide bonds. The summed E-state index contributed by atoms with van der Waals surface area (Å²) in [4.78, 5) is 4.41. The molecule has 0 aliphatic heterocycles. The van der Waals surface area contributed by atoms with Gasteiger partial charge in [0, 0.05) is 16.5 Å². The Bertz CT molecular complexity index is 800. The van der Waals surface area contributed by atoms with E-state index in [0.29, 0.717) is 12.0 Å². The number of thiazole rings is 1. The zero-order valence-electron chi connectivity index (χ0n) is 11.1. The number of halogens is 1. The molecule has 2 aromatic carbocycles. The molecule has 0 spiro atoms. The smallest absolute Gasteiger partial charge is 0.131 e. The third-order valence-corrected chi connectivity index (χ3v) is 4.07. The zero-order chi connectivity index (χ0) is 14.7. The van der Waals surface area contributed by atoms with Crippen molar-refractivity contribution in [2.75, 3.05) is 0 Å². The lowest BCUT2D eigenvalue weighted by Crippen LogP contribution is -1.85. The van der Waals surface area contributed by atoms with Crippen LogP contribution in [0.5, 0.6) is 0 Å². The van der Waals surface area contributed by atoms with Gasteiger partial charge in [0.1, 0.15) is 10.8 Å². The number of hydrogen-bond donors (Lipinski definition) is 0. The van der Waals surface area contributed by atoms with Crippen LogP contribution in [0.15, 0.2) is 53.9 Å². The Morgan fingerprint density at radius 3 is 2.48 bits per heavy atom. The average Bonchev–Trinajstić information content (AvgIpc) is 2.97. The largest absolute Gasteiger partial charge is 0.240 e. The van der Waals surface area contributed by atoms with Gasteiger partial charge in [0.25, 0.3) is 0 Å². The molecule has 0 fully saturated rings. The first-order valence-electron chi connectivity index (χ1n) is 6.44. The fraction of sp³-hybridized carbons (Fsp3) is 0.0588. The number of benzene rings is 2. The first kappa shape index (κ1) is 13.5. The summed E-state index contributed by atoms with van der Waals surface area (Å²) in [5.74, 6) is -0.226. The minimum atomic E-state index is -0.226. The lowest BCUT2D eigenvalue weighted by molar-refractivity contribution is 0.631.